The molecule has 2 atom stereocenters. The minimum absolute atomic E-state index is 0.153. The molecule has 0 aromatic heterocycles. The smallest absolute Gasteiger partial charge is 0.388 e. The highest BCUT2D eigenvalue weighted by molar-refractivity contribution is 5.83. The summed E-state index contributed by atoms with van der Waals surface area (Å²) in [6, 6.07) is 4.87. The number of halogens is 3. The summed E-state index contributed by atoms with van der Waals surface area (Å²) >= 11 is 0. The summed E-state index contributed by atoms with van der Waals surface area (Å²) in [4.78, 5) is 11.5. The SMILES string of the molecule is O=C1CCC[C@@H]1[C@@H](O)c1ccccc1C(F)(F)F. The van der Waals surface area contributed by atoms with E-state index < -0.39 is 23.8 Å². The maximum absolute atomic E-state index is 12.8. The molecule has 1 aliphatic rings. The van der Waals surface area contributed by atoms with E-state index in [1.54, 1.807) is 0 Å². The molecule has 0 saturated heterocycles. The zero-order valence-corrected chi connectivity index (χ0v) is 9.57. The van der Waals surface area contributed by atoms with E-state index in [1.807, 2.05) is 0 Å². The molecule has 1 aromatic rings. The molecular formula is C13H13F3O2. The molecule has 1 fully saturated rings. The van der Waals surface area contributed by atoms with Crippen molar-refractivity contribution in [2.24, 2.45) is 5.92 Å². The second-order valence-corrected chi connectivity index (χ2v) is 4.49. The molecule has 0 unspecified atom stereocenters. The first-order valence-corrected chi connectivity index (χ1v) is 5.78. The minimum Gasteiger partial charge on any atom is -0.388 e. The molecule has 1 N–H and O–H groups in total. The lowest BCUT2D eigenvalue weighted by molar-refractivity contribution is -0.140. The van der Waals surface area contributed by atoms with Gasteiger partial charge in [0, 0.05) is 12.3 Å². The summed E-state index contributed by atoms with van der Waals surface area (Å²) in [6.45, 7) is 0. The number of carbonyl (C=O) groups is 1. The van der Waals surface area contributed by atoms with E-state index in [4.69, 9.17) is 0 Å². The molecule has 1 saturated carbocycles. The number of Topliss-reactive ketones (excluding diaryl/α,β-unsaturated/α-hetero) is 1. The zero-order chi connectivity index (χ0) is 13.3. The number of aliphatic hydroxyl groups excluding tert-OH is 1. The van der Waals surface area contributed by atoms with Gasteiger partial charge in [-0.15, -0.1) is 0 Å². The van der Waals surface area contributed by atoms with Gasteiger partial charge in [-0.25, -0.2) is 0 Å². The second-order valence-electron chi connectivity index (χ2n) is 4.49. The molecule has 98 valence electrons. The Morgan fingerprint density at radius 2 is 1.94 bits per heavy atom. The molecule has 18 heavy (non-hydrogen) atoms. The molecule has 0 bridgehead atoms. The number of carbonyl (C=O) groups excluding carboxylic acids is 1. The average molecular weight is 258 g/mol. The van der Waals surface area contributed by atoms with Gasteiger partial charge in [-0.2, -0.15) is 13.2 Å². The topological polar surface area (TPSA) is 37.3 Å². The van der Waals surface area contributed by atoms with Gasteiger partial charge in [-0.05, 0) is 24.5 Å². The normalized spacial score (nSPS) is 22.2. The molecule has 0 aliphatic heterocycles. The van der Waals surface area contributed by atoms with Crippen LogP contribution >= 0.6 is 0 Å². The van der Waals surface area contributed by atoms with Gasteiger partial charge >= 0.3 is 6.18 Å². The van der Waals surface area contributed by atoms with Crippen LogP contribution in [0.5, 0.6) is 0 Å². The largest absolute Gasteiger partial charge is 0.416 e. The van der Waals surface area contributed by atoms with E-state index >= 15 is 0 Å². The Kier molecular flexibility index (Phi) is 3.43. The highest BCUT2D eigenvalue weighted by atomic mass is 19.4. The molecule has 0 radical (unpaired) electrons. The van der Waals surface area contributed by atoms with Crippen molar-refractivity contribution < 1.29 is 23.1 Å². The number of aliphatic hydroxyl groups is 1. The second kappa shape index (κ2) is 4.72. The van der Waals surface area contributed by atoms with Crippen LogP contribution in [0.4, 0.5) is 13.2 Å². The molecule has 0 amide bonds. The fraction of sp³-hybridized carbons (Fsp3) is 0.462. The van der Waals surface area contributed by atoms with E-state index in [0.29, 0.717) is 19.3 Å². The van der Waals surface area contributed by atoms with Crippen LogP contribution < -0.4 is 0 Å². The number of alkyl halides is 3. The van der Waals surface area contributed by atoms with Gasteiger partial charge in [0.1, 0.15) is 5.78 Å². The third kappa shape index (κ3) is 2.41. The molecule has 0 heterocycles. The van der Waals surface area contributed by atoms with Crippen LogP contribution in [0.3, 0.4) is 0 Å². The maximum atomic E-state index is 12.8. The number of ketones is 1. The van der Waals surface area contributed by atoms with Crippen molar-refractivity contribution in [3.05, 3.63) is 35.4 Å². The summed E-state index contributed by atoms with van der Waals surface area (Å²) in [5.41, 5.74) is -1.07. The first-order valence-electron chi connectivity index (χ1n) is 5.78. The molecule has 2 rings (SSSR count). The number of benzene rings is 1. The molecule has 5 heteroatoms. The van der Waals surface area contributed by atoms with Crippen molar-refractivity contribution in [2.75, 3.05) is 0 Å². The van der Waals surface area contributed by atoms with Gasteiger partial charge in [-0.1, -0.05) is 18.2 Å². The molecule has 2 nitrogen and oxygen atoms in total. The summed E-state index contributed by atoms with van der Waals surface area (Å²) < 4.78 is 38.4. The predicted molar refractivity (Wildman–Crippen MR) is 58.8 cm³/mol. The lowest BCUT2D eigenvalue weighted by Crippen LogP contribution is -2.20. The van der Waals surface area contributed by atoms with E-state index in [-0.39, 0.29) is 11.3 Å². The fourth-order valence-electron chi connectivity index (χ4n) is 2.41. The first kappa shape index (κ1) is 13.1. The van der Waals surface area contributed by atoms with Crippen LogP contribution in [0.25, 0.3) is 0 Å². The van der Waals surface area contributed by atoms with Crippen LogP contribution in [0.2, 0.25) is 0 Å². The predicted octanol–water partition coefficient (Wildman–Crippen LogP) is 3.11. The van der Waals surface area contributed by atoms with Crippen molar-refractivity contribution in [1.29, 1.82) is 0 Å². The van der Waals surface area contributed by atoms with Gasteiger partial charge in [0.15, 0.2) is 0 Å². The van der Waals surface area contributed by atoms with Crippen LogP contribution in [0.1, 0.15) is 36.5 Å². The van der Waals surface area contributed by atoms with Crippen LogP contribution in [-0.2, 0) is 11.0 Å². The first-order chi connectivity index (χ1) is 8.41. The van der Waals surface area contributed by atoms with E-state index in [0.717, 1.165) is 6.07 Å². The van der Waals surface area contributed by atoms with E-state index in [2.05, 4.69) is 0 Å². The van der Waals surface area contributed by atoms with Crippen molar-refractivity contribution in [3.8, 4) is 0 Å². The standard InChI is InChI=1S/C13H13F3O2/c14-13(15,16)10-6-2-1-4-8(10)12(18)9-5-3-7-11(9)17/h1-2,4,6,9,12,18H,3,5,7H2/t9-,12-/m0/s1. The van der Waals surface area contributed by atoms with Crippen LogP contribution in [-0.4, -0.2) is 10.9 Å². The molecule has 1 aliphatic carbocycles. The Bertz CT molecular complexity index is 454. The Hall–Kier alpha value is -1.36. The van der Waals surface area contributed by atoms with Gasteiger partial charge in [0.05, 0.1) is 11.7 Å². The lowest BCUT2D eigenvalue weighted by Gasteiger charge is -2.21. The van der Waals surface area contributed by atoms with Crippen molar-refractivity contribution in [1.82, 2.24) is 0 Å². The Labute approximate surface area is 102 Å². The highest BCUT2D eigenvalue weighted by Gasteiger charge is 2.39. The zero-order valence-electron chi connectivity index (χ0n) is 9.57. The quantitative estimate of drug-likeness (QED) is 0.885. The Morgan fingerprint density at radius 3 is 2.50 bits per heavy atom. The Balaban J connectivity index is 2.36. The number of hydrogen-bond acceptors (Lipinski definition) is 2. The highest BCUT2D eigenvalue weighted by Crippen LogP contribution is 2.39. The summed E-state index contributed by atoms with van der Waals surface area (Å²) in [5.74, 6) is -0.854. The number of rotatable bonds is 2. The fourth-order valence-corrected chi connectivity index (χ4v) is 2.41. The van der Waals surface area contributed by atoms with Crippen LogP contribution in [0.15, 0.2) is 24.3 Å². The summed E-state index contributed by atoms with van der Waals surface area (Å²) in [5, 5.41) is 10.0. The monoisotopic (exact) mass is 258 g/mol. The average Bonchev–Trinajstić information content (AvgIpc) is 2.73. The summed E-state index contributed by atoms with van der Waals surface area (Å²) in [7, 11) is 0. The third-order valence-electron chi connectivity index (χ3n) is 3.32. The number of hydrogen-bond donors (Lipinski definition) is 1. The van der Waals surface area contributed by atoms with Crippen molar-refractivity contribution >= 4 is 5.78 Å². The van der Waals surface area contributed by atoms with Crippen molar-refractivity contribution in [2.45, 2.75) is 31.5 Å². The Morgan fingerprint density at radius 1 is 1.28 bits per heavy atom. The van der Waals surface area contributed by atoms with Crippen LogP contribution in [0, 0.1) is 5.92 Å². The molecular weight excluding hydrogens is 245 g/mol. The molecule has 0 spiro atoms. The summed E-state index contributed by atoms with van der Waals surface area (Å²) in [6.07, 6.45) is -4.45. The maximum Gasteiger partial charge on any atom is 0.416 e. The van der Waals surface area contributed by atoms with E-state index in [9.17, 15) is 23.1 Å². The van der Waals surface area contributed by atoms with Gasteiger partial charge in [0.25, 0.3) is 0 Å². The van der Waals surface area contributed by atoms with Gasteiger partial charge < -0.3 is 5.11 Å². The van der Waals surface area contributed by atoms with Gasteiger partial charge in [-0.3, -0.25) is 4.79 Å². The lowest BCUT2D eigenvalue weighted by atomic mass is 9.90. The third-order valence-corrected chi connectivity index (χ3v) is 3.32. The van der Waals surface area contributed by atoms with Gasteiger partial charge in [0.2, 0.25) is 0 Å². The van der Waals surface area contributed by atoms with Crippen molar-refractivity contribution in [3.63, 3.8) is 0 Å². The minimum atomic E-state index is -4.51. The molecule has 1 aromatic carbocycles. The van der Waals surface area contributed by atoms with E-state index in [1.165, 1.54) is 18.2 Å².